The Morgan fingerprint density at radius 2 is 2.04 bits per heavy atom. The Balaban J connectivity index is 1.54. The molecule has 5 heteroatoms. The third-order valence-electron chi connectivity index (χ3n) is 5.77. The van der Waals surface area contributed by atoms with E-state index in [4.69, 9.17) is 4.74 Å². The lowest BCUT2D eigenvalue weighted by molar-refractivity contribution is -0.135. The summed E-state index contributed by atoms with van der Waals surface area (Å²) < 4.78 is 5.25. The van der Waals surface area contributed by atoms with Crippen LogP contribution >= 0.6 is 0 Å². The SMILES string of the molecule is CCN(CC(=O)Nc1ccccc1OC)C(=O)C[C@@H]1C[C@H]2CC[C@H]1C2. The third kappa shape index (κ3) is 4.14. The zero-order chi connectivity index (χ0) is 17.8. The van der Waals surface area contributed by atoms with Crippen molar-refractivity contribution in [2.75, 3.05) is 25.5 Å². The Morgan fingerprint density at radius 3 is 2.68 bits per heavy atom. The van der Waals surface area contributed by atoms with Crippen molar-refractivity contribution >= 4 is 17.5 Å². The van der Waals surface area contributed by atoms with Gasteiger partial charge in [-0.2, -0.15) is 0 Å². The van der Waals surface area contributed by atoms with Crippen LogP contribution in [0, 0.1) is 17.8 Å². The van der Waals surface area contributed by atoms with Crippen LogP contribution in [0.2, 0.25) is 0 Å². The first-order chi connectivity index (χ1) is 12.1. The van der Waals surface area contributed by atoms with Gasteiger partial charge in [0.25, 0.3) is 0 Å². The molecule has 25 heavy (non-hydrogen) atoms. The highest BCUT2D eigenvalue weighted by atomic mass is 16.5. The summed E-state index contributed by atoms with van der Waals surface area (Å²) in [4.78, 5) is 26.7. The highest BCUT2D eigenvalue weighted by molar-refractivity contribution is 5.95. The Morgan fingerprint density at radius 1 is 1.24 bits per heavy atom. The quantitative estimate of drug-likeness (QED) is 0.825. The van der Waals surface area contributed by atoms with Crippen LogP contribution in [0.3, 0.4) is 0 Å². The Bertz CT molecular complexity index is 631. The highest BCUT2D eigenvalue weighted by Crippen LogP contribution is 2.49. The maximum Gasteiger partial charge on any atom is 0.244 e. The van der Waals surface area contributed by atoms with E-state index >= 15 is 0 Å². The van der Waals surface area contributed by atoms with E-state index in [2.05, 4.69) is 5.32 Å². The Hall–Kier alpha value is -2.04. The number of nitrogens with one attached hydrogen (secondary N) is 1. The molecule has 0 unspecified atom stereocenters. The molecule has 2 aliphatic carbocycles. The molecule has 136 valence electrons. The molecule has 0 aromatic heterocycles. The highest BCUT2D eigenvalue weighted by Gasteiger charge is 2.40. The molecule has 1 N–H and O–H groups in total. The number of methoxy groups -OCH3 is 1. The smallest absolute Gasteiger partial charge is 0.244 e. The van der Waals surface area contributed by atoms with Gasteiger partial charge in [-0.1, -0.05) is 18.6 Å². The van der Waals surface area contributed by atoms with Gasteiger partial charge in [0.1, 0.15) is 5.75 Å². The molecule has 1 aromatic rings. The number of anilines is 1. The van der Waals surface area contributed by atoms with Crippen LogP contribution in [0.15, 0.2) is 24.3 Å². The van der Waals surface area contributed by atoms with E-state index in [0.29, 0.717) is 30.3 Å². The molecule has 3 atom stereocenters. The number of carbonyl (C=O) groups is 2. The van der Waals surface area contributed by atoms with E-state index in [1.165, 1.54) is 25.7 Å². The summed E-state index contributed by atoms with van der Waals surface area (Å²) >= 11 is 0. The summed E-state index contributed by atoms with van der Waals surface area (Å²) in [5.74, 6) is 2.63. The van der Waals surface area contributed by atoms with Crippen LogP contribution in [0.25, 0.3) is 0 Å². The second-order valence-electron chi connectivity index (χ2n) is 7.30. The van der Waals surface area contributed by atoms with Gasteiger partial charge < -0.3 is 15.0 Å². The van der Waals surface area contributed by atoms with E-state index in [9.17, 15) is 9.59 Å². The van der Waals surface area contributed by atoms with Crippen LogP contribution in [-0.2, 0) is 9.59 Å². The van der Waals surface area contributed by atoms with Crippen molar-refractivity contribution in [3.63, 3.8) is 0 Å². The van der Waals surface area contributed by atoms with Gasteiger partial charge in [0.05, 0.1) is 19.3 Å². The molecular formula is C20H28N2O3. The number of ether oxygens (including phenoxy) is 1. The molecule has 0 heterocycles. The molecule has 2 bridgehead atoms. The number of para-hydroxylation sites is 2. The van der Waals surface area contributed by atoms with Crippen LogP contribution in [-0.4, -0.2) is 36.9 Å². The van der Waals surface area contributed by atoms with Crippen LogP contribution < -0.4 is 10.1 Å². The molecule has 2 fully saturated rings. The summed E-state index contributed by atoms with van der Waals surface area (Å²) in [5, 5.41) is 2.84. The van der Waals surface area contributed by atoms with E-state index < -0.39 is 0 Å². The zero-order valence-corrected chi connectivity index (χ0v) is 15.2. The number of hydrogen-bond acceptors (Lipinski definition) is 3. The van der Waals surface area contributed by atoms with Crippen molar-refractivity contribution in [3.05, 3.63) is 24.3 Å². The fourth-order valence-corrected chi connectivity index (χ4v) is 4.47. The van der Waals surface area contributed by atoms with E-state index in [-0.39, 0.29) is 18.4 Å². The monoisotopic (exact) mass is 344 g/mol. The zero-order valence-electron chi connectivity index (χ0n) is 15.2. The summed E-state index contributed by atoms with van der Waals surface area (Å²) in [7, 11) is 1.57. The first-order valence-electron chi connectivity index (χ1n) is 9.31. The van der Waals surface area contributed by atoms with Gasteiger partial charge in [-0.25, -0.2) is 0 Å². The average molecular weight is 344 g/mol. The molecule has 2 amide bonds. The minimum absolute atomic E-state index is 0.0915. The normalized spacial score (nSPS) is 24.2. The van der Waals surface area contributed by atoms with Gasteiger partial charge in [-0.3, -0.25) is 9.59 Å². The van der Waals surface area contributed by atoms with E-state index in [0.717, 1.165) is 11.8 Å². The van der Waals surface area contributed by atoms with E-state index in [1.54, 1.807) is 24.1 Å². The number of amides is 2. The molecule has 2 aliphatic rings. The molecule has 2 saturated carbocycles. The average Bonchev–Trinajstić information content (AvgIpc) is 3.23. The Kier molecular flexibility index (Phi) is 5.61. The topological polar surface area (TPSA) is 58.6 Å². The summed E-state index contributed by atoms with van der Waals surface area (Å²) in [6, 6.07) is 7.29. The number of fused-ring (bicyclic) bond motifs is 2. The van der Waals surface area contributed by atoms with Crippen molar-refractivity contribution in [3.8, 4) is 5.75 Å². The molecule has 0 spiro atoms. The minimum atomic E-state index is -0.187. The van der Waals surface area contributed by atoms with Crippen LogP contribution in [0.5, 0.6) is 5.75 Å². The third-order valence-corrected chi connectivity index (χ3v) is 5.77. The number of rotatable bonds is 7. The van der Waals surface area contributed by atoms with Crippen molar-refractivity contribution in [2.24, 2.45) is 17.8 Å². The van der Waals surface area contributed by atoms with Crippen molar-refractivity contribution in [2.45, 2.75) is 39.0 Å². The lowest BCUT2D eigenvalue weighted by atomic mass is 9.86. The predicted molar refractivity (Wildman–Crippen MR) is 97.4 cm³/mol. The summed E-state index contributed by atoms with van der Waals surface area (Å²) in [6.45, 7) is 2.57. The maximum absolute atomic E-state index is 12.6. The van der Waals surface area contributed by atoms with Gasteiger partial charge in [-0.15, -0.1) is 0 Å². The number of carbonyl (C=O) groups excluding carboxylic acids is 2. The Labute approximate surface area is 149 Å². The molecule has 5 nitrogen and oxygen atoms in total. The minimum Gasteiger partial charge on any atom is -0.495 e. The summed E-state index contributed by atoms with van der Waals surface area (Å²) in [6.07, 6.45) is 5.72. The van der Waals surface area contributed by atoms with E-state index in [1.807, 2.05) is 19.1 Å². The van der Waals surface area contributed by atoms with Gasteiger partial charge >= 0.3 is 0 Å². The molecule has 1 aromatic carbocycles. The molecular weight excluding hydrogens is 316 g/mol. The van der Waals surface area contributed by atoms with Gasteiger partial charge in [0.2, 0.25) is 11.8 Å². The van der Waals surface area contributed by atoms with Crippen molar-refractivity contribution < 1.29 is 14.3 Å². The largest absolute Gasteiger partial charge is 0.495 e. The number of nitrogens with zero attached hydrogens (tertiary/aromatic N) is 1. The van der Waals surface area contributed by atoms with Crippen molar-refractivity contribution in [1.29, 1.82) is 0 Å². The standard InChI is InChI=1S/C20H28N2O3/c1-3-22(20(24)12-16-11-14-8-9-15(16)10-14)13-19(23)21-17-6-4-5-7-18(17)25-2/h4-7,14-16H,3,8-13H2,1-2H3,(H,21,23)/t14-,15-,16-/m0/s1. The van der Waals surface area contributed by atoms with Gasteiger partial charge in [-0.05, 0) is 56.1 Å². The van der Waals surface area contributed by atoms with Crippen LogP contribution in [0.4, 0.5) is 5.69 Å². The number of hydrogen-bond donors (Lipinski definition) is 1. The molecule has 3 rings (SSSR count). The summed E-state index contributed by atoms with van der Waals surface area (Å²) in [5.41, 5.74) is 0.631. The molecule has 0 saturated heterocycles. The maximum atomic E-state index is 12.6. The predicted octanol–water partition coefficient (Wildman–Crippen LogP) is 3.31. The number of likely N-dealkylation sites (N-methyl/N-ethyl adjacent to an activating group) is 1. The second-order valence-corrected chi connectivity index (χ2v) is 7.30. The van der Waals surface area contributed by atoms with Crippen LogP contribution in [0.1, 0.15) is 39.0 Å². The van der Waals surface area contributed by atoms with Gasteiger partial charge in [0.15, 0.2) is 0 Å². The molecule has 0 aliphatic heterocycles. The molecule has 0 radical (unpaired) electrons. The van der Waals surface area contributed by atoms with Crippen molar-refractivity contribution in [1.82, 2.24) is 4.90 Å². The fourth-order valence-electron chi connectivity index (χ4n) is 4.47. The fraction of sp³-hybridized carbons (Fsp3) is 0.600. The number of benzene rings is 1. The lowest BCUT2D eigenvalue weighted by Gasteiger charge is -2.26. The first-order valence-corrected chi connectivity index (χ1v) is 9.31. The first kappa shape index (κ1) is 17.8. The lowest BCUT2D eigenvalue weighted by Crippen LogP contribution is -2.39. The van der Waals surface area contributed by atoms with Gasteiger partial charge in [0, 0.05) is 13.0 Å². The second kappa shape index (κ2) is 7.89.